The van der Waals surface area contributed by atoms with Crippen LogP contribution >= 0.6 is 11.3 Å². The van der Waals surface area contributed by atoms with E-state index in [1.165, 1.54) is 4.70 Å². The van der Waals surface area contributed by atoms with Crippen LogP contribution in [0.25, 0.3) is 32.9 Å². The fourth-order valence-corrected chi connectivity index (χ4v) is 3.48. The summed E-state index contributed by atoms with van der Waals surface area (Å²) in [4.78, 5) is 6.79. The number of thiazole rings is 1. The number of para-hydroxylation sites is 1. The van der Waals surface area contributed by atoms with E-state index in [2.05, 4.69) is 30.3 Å². The summed E-state index contributed by atoms with van der Waals surface area (Å²) in [7, 11) is 4.02. The molecule has 2 aromatic carbocycles. The zero-order chi connectivity index (χ0) is 15.8. The first-order valence-corrected chi connectivity index (χ1v) is 8.26. The normalized spacial score (nSPS) is 11.0. The van der Waals surface area contributed by atoms with Gasteiger partial charge in [0.2, 0.25) is 0 Å². The number of hydrogen-bond donors (Lipinski definition) is 0. The summed E-state index contributed by atoms with van der Waals surface area (Å²) in [6.07, 6.45) is 0. The Labute approximate surface area is 138 Å². The Hall–Kier alpha value is -2.59. The quantitative estimate of drug-likeness (QED) is 0.513. The van der Waals surface area contributed by atoms with Crippen molar-refractivity contribution < 1.29 is 4.42 Å². The third-order valence-corrected chi connectivity index (χ3v) is 4.91. The number of fused-ring (bicyclic) bond motifs is 1. The Kier molecular flexibility index (Phi) is 3.39. The zero-order valence-corrected chi connectivity index (χ0v) is 13.8. The van der Waals surface area contributed by atoms with Gasteiger partial charge < -0.3 is 9.32 Å². The van der Waals surface area contributed by atoms with Crippen LogP contribution in [-0.2, 0) is 0 Å². The predicted octanol–water partition coefficient (Wildman–Crippen LogP) is 5.29. The summed E-state index contributed by atoms with van der Waals surface area (Å²) >= 11 is 1.69. The number of nitrogens with zero attached hydrogens (tertiary/aromatic N) is 2. The van der Waals surface area contributed by atoms with E-state index in [1.54, 1.807) is 11.3 Å². The van der Waals surface area contributed by atoms with Crippen LogP contribution < -0.4 is 4.90 Å². The molecule has 0 saturated carbocycles. The van der Waals surface area contributed by atoms with Crippen LogP contribution in [0.2, 0.25) is 0 Å². The Balaban J connectivity index is 1.82. The van der Waals surface area contributed by atoms with Crippen molar-refractivity contribution in [2.75, 3.05) is 19.0 Å². The Morgan fingerprint density at radius 2 is 1.65 bits per heavy atom. The Morgan fingerprint density at radius 3 is 2.43 bits per heavy atom. The average Bonchev–Trinajstić information content (AvgIpc) is 3.22. The van der Waals surface area contributed by atoms with Crippen LogP contribution in [-0.4, -0.2) is 19.1 Å². The molecule has 23 heavy (non-hydrogen) atoms. The minimum absolute atomic E-state index is 0.852. The predicted molar refractivity (Wildman–Crippen MR) is 97.1 cm³/mol. The van der Waals surface area contributed by atoms with Crippen molar-refractivity contribution in [3.05, 3.63) is 60.7 Å². The number of hydrogen-bond acceptors (Lipinski definition) is 4. The van der Waals surface area contributed by atoms with Gasteiger partial charge in [0.1, 0.15) is 11.5 Å². The van der Waals surface area contributed by atoms with Crippen LogP contribution in [0.15, 0.2) is 65.1 Å². The lowest BCUT2D eigenvalue weighted by Crippen LogP contribution is -2.07. The molecule has 3 nitrogen and oxygen atoms in total. The Morgan fingerprint density at radius 1 is 0.870 bits per heavy atom. The number of benzene rings is 2. The third-order valence-electron chi connectivity index (χ3n) is 3.72. The largest absolute Gasteiger partial charge is 0.456 e. The van der Waals surface area contributed by atoms with Crippen LogP contribution in [0.4, 0.5) is 5.13 Å². The van der Waals surface area contributed by atoms with Crippen molar-refractivity contribution in [2.24, 2.45) is 0 Å². The SMILES string of the molecule is CN(C)c1nc2c(-c3ccc(-c4ccccc4)o3)cccc2s1. The first-order chi connectivity index (χ1) is 11.2. The van der Waals surface area contributed by atoms with E-state index in [9.17, 15) is 0 Å². The molecule has 0 spiro atoms. The van der Waals surface area contributed by atoms with Gasteiger partial charge in [-0.1, -0.05) is 47.7 Å². The van der Waals surface area contributed by atoms with Crippen LogP contribution in [0.5, 0.6) is 0 Å². The van der Waals surface area contributed by atoms with E-state index < -0.39 is 0 Å². The molecule has 0 aliphatic rings. The van der Waals surface area contributed by atoms with Gasteiger partial charge in [-0.2, -0.15) is 0 Å². The second-order valence-electron chi connectivity index (χ2n) is 5.57. The summed E-state index contributed by atoms with van der Waals surface area (Å²) in [5, 5.41) is 1.00. The molecule has 4 rings (SSSR count). The van der Waals surface area contributed by atoms with Crippen molar-refractivity contribution in [3.8, 4) is 22.6 Å². The summed E-state index contributed by atoms with van der Waals surface area (Å²) in [6.45, 7) is 0. The lowest BCUT2D eigenvalue weighted by atomic mass is 10.1. The van der Waals surface area contributed by atoms with E-state index >= 15 is 0 Å². The van der Waals surface area contributed by atoms with Crippen molar-refractivity contribution in [2.45, 2.75) is 0 Å². The molecule has 0 radical (unpaired) electrons. The molecule has 0 aliphatic heterocycles. The molecule has 0 unspecified atom stereocenters. The highest BCUT2D eigenvalue weighted by Crippen LogP contribution is 2.36. The second-order valence-corrected chi connectivity index (χ2v) is 6.58. The smallest absolute Gasteiger partial charge is 0.185 e. The molecule has 4 aromatic rings. The van der Waals surface area contributed by atoms with Gasteiger partial charge in [-0.05, 0) is 24.3 Å². The molecule has 0 aliphatic carbocycles. The van der Waals surface area contributed by atoms with Gasteiger partial charge in [0, 0.05) is 25.2 Å². The van der Waals surface area contributed by atoms with Gasteiger partial charge in [-0.15, -0.1) is 0 Å². The number of furan rings is 1. The monoisotopic (exact) mass is 320 g/mol. The van der Waals surface area contributed by atoms with E-state index in [0.29, 0.717) is 0 Å². The highest BCUT2D eigenvalue weighted by molar-refractivity contribution is 7.22. The molecule has 0 fully saturated rings. The summed E-state index contributed by atoms with van der Waals surface area (Å²) in [6, 6.07) is 20.4. The lowest BCUT2D eigenvalue weighted by Gasteiger charge is -2.05. The van der Waals surface area contributed by atoms with Crippen LogP contribution in [0.3, 0.4) is 0 Å². The molecular formula is C19H16N2OS. The molecule has 0 bridgehead atoms. The van der Waals surface area contributed by atoms with Crippen molar-refractivity contribution >= 4 is 26.7 Å². The molecule has 0 N–H and O–H groups in total. The molecular weight excluding hydrogens is 304 g/mol. The van der Waals surface area contributed by atoms with Gasteiger partial charge in [-0.3, -0.25) is 0 Å². The van der Waals surface area contributed by atoms with E-state index in [1.807, 2.05) is 49.3 Å². The third kappa shape index (κ3) is 2.51. The van der Waals surface area contributed by atoms with Gasteiger partial charge in [0.05, 0.1) is 10.2 Å². The minimum atomic E-state index is 0.852. The molecule has 0 saturated heterocycles. The number of rotatable bonds is 3. The van der Waals surface area contributed by atoms with Gasteiger partial charge in [0.15, 0.2) is 5.13 Å². The van der Waals surface area contributed by atoms with Crippen molar-refractivity contribution in [1.82, 2.24) is 4.98 Å². The van der Waals surface area contributed by atoms with E-state index in [0.717, 1.165) is 33.3 Å². The van der Waals surface area contributed by atoms with Crippen molar-refractivity contribution in [1.29, 1.82) is 0 Å². The molecule has 0 atom stereocenters. The van der Waals surface area contributed by atoms with Crippen LogP contribution in [0, 0.1) is 0 Å². The molecule has 114 valence electrons. The summed E-state index contributed by atoms with van der Waals surface area (Å²) in [5.41, 5.74) is 3.11. The average molecular weight is 320 g/mol. The topological polar surface area (TPSA) is 29.3 Å². The maximum absolute atomic E-state index is 6.08. The fourth-order valence-electron chi connectivity index (χ4n) is 2.57. The van der Waals surface area contributed by atoms with Gasteiger partial charge in [0.25, 0.3) is 0 Å². The van der Waals surface area contributed by atoms with Crippen LogP contribution in [0.1, 0.15) is 0 Å². The minimum Gasteiger partial charge on any atom is -0.456 e. The van der Waals surface area contributed by atoms with Gasteiger partial charge in [-0.25, -0.2) is 4.98 Å². The molecule has 4 heteroatoms. The standard InChI is InChI=1S/C19H16N2OS/c1-21(2)19-20-18-14(9-6-10-17(18)23-19)16-12-11-15(22-16)13-7-4-3-5-8-13/h3-12H,1-2H3. The number of aromatic nitrogens is 1. The Bertz CT molecular complexity index is 954. The fraction of sp³-hybridized carbons (Fsp3) is 0.105. The maximum Gasteiger partial charge on any atom is 0.185 e. The molecule has 2 aromatic heterocycles. The summed E-state index contributed by atoms with van der Waals surface area (Å²) in [5.74, 6) is 1.73. The highest BCUT2D eigenvalue weighted by Gasteiger charge is 2.14. The zero-order valence-electron chi connectivity index (χ0n) is 13.0. The van der Waals surface area contributed by atoms with E-state index in [4.69, 9.17) is 9.40 Å². The first kappa shape index (κ1) is 14.0. The van der Waals surface area contributed by atoms with E-state index in [-0.39, 0.29) is 0 Å². The molecule has 0 amide bonds. The lowest BCUT2D eigenvalue weighted by molar-refractivity contribution is 0.598. The highest BCUT2D eigenvalue weighted by atomic mass is 32.1. The second kappa shape index (κ2) is 5.56. The summed E-state index contributed by atoms with van der Waals surface area (Å²) < 4.78 is 7.25. The van der Waals surface area contributed by atoms with Gasteiger partial charge >= 0.3 is 0 Å². The maximum atomic E-state index is 6.08. The van der Waals surface area contributed by atoms with Crippen molar-refractivity contribution in [3.63, 3.8) is 0 Å². The molecule has 2 heterocycles. The first-order valence-electron chi connectivity index (χ1n) is 7.45. The number of anilines is 1.